The molecule has 25 heavy (non-hydrogen) atoms. The molecular weight excluding hydrogens is 340 g/mol. The number of rotatable bonds is 13. The van der Waals surface area contributed by atoms with E-state index < -0.39 is 8.80 Å². The van der Waals surface area contributed by atoms with Crippen molar-refractivity contribution in [2.24, 2.45) is 0 Å². The second-order valence-electron chi connectivity index (χ2n) is 5.91. The highest BCUT2D eigenvalue weighted by molar-refractivity contribution is 6.60. The molecule has 1 heterocycles. The molecule has 0 aliphatic carbocycles. The smallest absolute Gasteiger partial charge is 0.374 e. The summed E-state index contributed by atoms with van der Waals surface area (Å²) in [5.41, 5.74) is -0.100. The fourth-order valence-electron chi connectivity index (χ4n) is 2.76. The zero-order valence-corrected chi connectivity index (χ0v) is 16.9. The molecule has 7 nitrogen and oxygen atoms in total. The molecule has 0 aliphatic heterocycles. The van der Waals surface area contributed by atoms with E-state index >= 15 is 0 Å². The second kappa shape index (κ2) is 11.4. The van der Waals surface area contributed by atoms with E-state index in [2.05, 4.69) is 4.98 Å². The third-order valence-electron chi connectivity index (χ3n) is 3.91. The van der Waals surface area contributed by atoms with Crippen LogP contribution >= 0.6 is 0 Å². The highest BCUT2D eigenvalue weighted by Gasteiger charge is 2.39. The van der Waals surface area contributed by atoms with Gasteiger partial charge in [-0.25, -0.2) is 4.79 Å². The van der Waals surface area contributed by atoms with Crippen molar-refractivity contribution in [3.63, 3.8) is 0 Å². The number of H-pyrrole nitrogens is 1. The lowest BCUT2D eigenvalue weighted by Crippen LogP contribution is -2.45. The summed E-state index contributed by atoms with van der Waals surface area (Å²) in [6.45, 7) is 9.99. The van der Waals surface area contributed by atoms with E-state index in [1.807, 2.05) is 20.8 Å². The largest absolute Gasteiger partial charge is 0.500 e. The van der Waals surface area contributed by atoms with Gasteiger partial charge < -0.3 is 17.8 Å². The van der Waals surface area contributed by atoms with Crippen LogP contribution in [0, 0.1) is 6.92 Å². The average molecular weight is 373 g/mol. The monoisotopic (exact) mass is 372 g/mol. The van der Waals surface area contributed by atoms with E-state index in [1.54, 1.807) is 17.7 Å². The van der Waals surface area contributed by atoms with Gasteiger partial charge in [0.2, 0.25) is 0 Å². The first-order valence-electron chi connectivity index (χ1n) is 9.20. The predicted octanol–water partition coefficient (Wildman–Crippen LogP) is 2.45. The molecule has 0 atom stereocenters. The van der Waals surface area contributed by atoms with Crippen LogP contribution < -0.4 is 11.2 Å². The third-order valence-corrected chi connectivity index (χ3v) is 7.07. The lowest BCUT2D eigenvalue weighted by atomic mass is 10.2. The van der Waals surface area contributed by atoms with E-state index in [1.165, 1.54) is 0 Å². The highest BCUT2D eigenvalue weighted by Crippen LogP contribution is 2.20. The first kappa shape index (κ1) is 21.8. The number of aryl methyl sites for hydroxylation is 2. The van der Waals surface area contributed by atoms with Crippen molar-refractivity contribution in [1.82, 2.24) is 9.55 Å². The van der Waals surface area contributed by atoms with Crippen LogP contribution in [0.5, 0.6) is 0 Å². The van der Waals surface area contributed by atoms with Crippen LogP contribution in [0.4, 0.5) is 0 Å². The summed E-state index contributed by atoms with van der Waals surface area (Å²) in [5.74, 6) is 0. The Morgan fingerprint density at radius 3 is 2.08 bits per heavy atom. The SMILES string of the molecule is CCO[Si](CCCCCCn1cc(C)c(=O)[nH]c1=O)(OCC)OCC. The fraction of sp³-hybridized carbons (Fsp3) is 0.765. The normalized spacial score (nSPS) is 11.8. The van der Waals surface area contributed by atoms with Crippen molar-refractivity contribution in [2.75, 3.05) is 19.8 Å². The Hall–Kier alpha value is -1.22. The summed E-state index contributed by atoms with van der Waals surface area (Å²) in [5, 5.41) is 0. The van der Waals surface area contributed by atoms with Crippen molar-refractivity contribution < 1.29 is 13.3 Å². The number of nitrogens with one attached hydrogen (secondary N) is 1. The average Bonchev–Trinajstić information content (AvgIpc) is 2.56. The topological polar surface area (TPSA) is 82.6 Å². The van der Waals surface area contributed by atoms with E-state index in [4.69, 9.17) is 13.3 Å². The molecule has 0 radical (unpaired) electrons. The molecule has 8 heteroatoms. The van der Waals surface area contributed by atoms with Gasteiger partial charge in [-0.15, -0.1) is 0 Å². The van der Waals surface area contributed by atoms with Crippen LogP contribution in [0.15, 0.2) is 15.8 Å². The Kier molecular flexibility index (Phi) is 9.95. The van der Waals surface area contributed by atoms with Crippen LogP contribution in [0.2, 0.25) is 6.04 Å². The summed E-state index contributed by atoms with van der Waals surface area (Å²) in [4.78, 5) is 25.4. The minimum absolute atomic E-state index is 0.315. The van der Waals surface area contributed by atoms with Crippen molar-refractivity contribution in [1.29, 1.82) is 0 Å². The molecule has 1 N–H and O–H groups in total. The number of hydrogen-bond donors (Lipinski definition) is 1. The molecule has 0 bridgehead atoms. The first-order valence-corrected chi connectivity index (χ1v) is 11.1. The first-order chi connectivity index (χ1) is 12.0. The fourth-order valence-corrected chi connectivity index (χ4v) is 5.45. The highest BCUT2D eigenvalue weighted by atomic mass is 28.4. The van der Waals surface area contributed by atoms with Crippen LogP contribution in [0.1, 0.15) is 52.0 Å². The molecule has 0 saturated carbocycles. The second-order valence-corrected chi connectivity index (χ2v) is 8.64. The summed E-state index contributed by atoms with van der Waals surface area (Å²) in [7, 11) is -2.54. The number of hydrogen-bond acceptors (Lipinski definition) is 5. The minimum atomic E-state index is -2.54. The Bertz CT molecular complexity index is 597. The van der Waals surface area contributed by atoms with E-state index in [-0.39, 0.29) is 11.2 Å². The van der Waals surface area contributed by atoms with Gasteiger partial charge in [-0.3, -0.25) is 9.78 Å². The van der Waals surface area contributed by atoms with E-state index in [0.717, 1.165) is 31.7 Å². The van der Waals surface area contributed by atoms with Gasteiger partial charge in [0, 0.05) is 44.2 Å². The maximum absolute atomic E-state index is 11.7. The summed E-state index contributed by atoms with van der Waals surface area (Å²) < 4.78 is 19.1. The van der Waals surface area contributed by atoms with Crippen molar-refractivity contribution in [3.8, 4) is 0 Å². The summed E-state index contributed by atoms with van der Waals surface area (Å²) in [6.07, 6.45) is 5.51. The quantitative estimate of drug-likeness (QED) is 0.425. The van der Waals surface area contributed by atoms with Gasteiger partial charge in [0.25, 0.3) is 5.56 Å². The van der Waals surface area contributed by atoms with Crippen molar-refractivity contribution in [3.05, 3.63) is 32.6 Å². The molecule has 1 aromatic heterocycles. The molecule has 0 unspecified atom stereocenters. The summed E-state index contributed by atoms with van der Waals surface area (Å²) in [6, 6.07) is 0.820. The molecule has 0 spiro atoms. The molecule has 0 fully saturated rings. The van der Waals surface area contributed by atoms with E-state index in [9.17, 15) is 9.59 Å². The minimum Gasteiger partial charge on any atom is -0.374 e. The number of aromatic nitrogens is 2. The van der Waals surface area contributed by atoms with Gasteiger partial charge in [-0.1, -0.05) is 12.8 Å². The van der Waals surface area contributed by atoms with Crippen LogP contribution in [0.25, 0.3) is 0 Å². The molecule has 0 aromatic carbocycles. The molecule has 0 amide bonds. The third kappa shape index (κ3) is 7.27. The predicted molar refractivity (Wildman–Crippen MR) is 100.0 cm³/mol. The molecule has 144 valence electrons. The standard InChI is InChI=1S/C17H32N2O5Si/c1-5-22-25(23-6-2,24-7-3)13-11-9-8-10-12-19-14-15(4)16(20)18-17(19)21/h14H,5-13H2,1-4H3,(H,18,20,21). The maximum atomic E-state index is 11.7. The Morgan fingerprint density at radius 1 is 0.960 bits per heavy atom. The van der Waals surface area contributed by atoms with Crippen LogP contribution in [-0.4, -0.2) is 38.2 Å². The van der Waals surface area contributed by atoms with Gasteiger partial charge in [0.15, 0.2) is 0 Å². The molecule has 0 aliphatic rings. The molecule has 1 aromatic rings. The zero-order valence-electron chi connectivity index (χ0n) is 15.9. The van der Waals surface area contributed by atoms with Crippen LogP contribution in [0.3, 0.4) is 0 Å². The number of unbranched alkanes of at least 4 members (excludes halogenated alkanes) is 3. The van der Waals surface area contributed by atoms with E-state index in [0.29, 0.717) is 31.9 Å². The Labute approximate surface area is 150 Å². The van der Waals surface area contributed by atoms with Gasteiger partial charge in [0.1, 0.15) is 0 Å². The van der Waals surface area contributed by atoms with Crippen molar-refractivity contribution in [2.45, 2.75) is 66.0 Å². The molecule has 1 rings (SSSR count). The van der Waals surface area contributed by atoms with Gasteiger partial charge in [-0.05, 0) is 40.5 Å². The Morgan fingerprint density at radius 2 is 1.52 bits per heavy atom. The maximum Gasteiger partial charge on any atom is 0.500 e. The summed E-state index contributed by atoms with van der Waals surface area (Å²) >= 11 is 0. The van der Waals surface area contributed by atoms with Gasteiger partial charge >= 0.3 is 14.5 Å². The number of aromatic amines is 1. The zero-order chi connectivity index (χ0) is 18.7. The van der Waals surface area contributed by atoms with Crippen LogP contribution in [-0.2, 0) is 19.8 Å². The molecule has 0 saturated heterocycles. The lowest BCUT2D eigenvalue weighted by Gasteiger charge is -2.28. The molecular formula is C17H32N2O5Si. The Balaban J connectivity index is 2.40. The lowest BCUT2D eigenvalue weighted by molar-refractivity contribution is 0.0706. The van der Waals surface area contributed by atoms with Gasteiger partial charge in [-0.2, -0.15) is 0 Å². The number of nitrogens with zero attached hydrogens (tertiary/aromatic N) is 1. The van der Waals surface area contributed by atoms with Crippen molar-refractivity contribution >= 4 is 8.80 Å². The van der Waals surface area contributed by atoms with Gasteiger partial charge in [0.05, 0.1) is 0 Å².